The Morgan fingerprint density at radius 3 is 2.20 bits per heavy atom. The number of aryl methyl sites for hydroxylation is 2. The second-order valence-electron chi connectivity index (χ2n) is 9.03. The quantitative estimate of drug-likeness (QED) is 0.338. The molecule has 9 heteroatoms. The summed E-state index contributed by atoms with van der Waals surface area (Å²) in [6.07, 6.45) is 0. The molecule has 182 valence electrons. The van der Waals surface area contributed by atoms with Crippen molar-refractivity contribution in [3.63, 3.8) is 0 Å². The molecule has 0 fully saturated rings. The van der Waals surface area contributed by atoms with Crippen LogP contribution >= 0.6 is 0 Å². The van der Waals surface area contributed by atoms with Crippen LogP contribution in [0, 0.1) is 19.3 Å². The first kappa shape index (κ1) is 24.4. The molecule has 1 heterocycles. The first-order chi connectivity index (χ1) is 16.5. The predicted molar refractivity (Wildman–Crippen MR) is 136 cm³/mol. The normalized spacial score (nSPS) is 12.0. The second-order valence-corrected chi connectivity index (χ2v) is 10.7. The molecule has 4 rings (SSSR count). The summed E-state index contributed by atoms with van der Waals surface area (Å²) in [6.45, 7) is 6.65. The van der Waals surface area contributed by atoms with Gasteiger partial charge in [-0.1, -0.05) is 35.5 Å². The van der Waals surface area contributed by atoms with Gasteiger partial charge < -0.3 is 14.9 Å². The highest BCUT2D eigenvalue weighted by atomic mass is 32.2. The van der Waals surface area contributed by atoms with Crippen LogP contribution in [0.4, 0.5) is 11.4 Å². The zero-order valence-corrected chi connectivity index (χ0v) is 20.7. The number of benzene rings is 3. The molecular weight excluding hydrogens is 466 g/mol. The van der Waals surface area contributed by atoms with Crippen molar-refractivity contribution < 1.29 is 22.8 Å². The van der Waals surface area contributed by atoms with Gasteiger partial charge in [-0.3, -0.25) is 9.52 Å². The van der Waals surface area contributed by atoms with Crippen molar-refractivity contribution in [3.8, 4) is 11.1 Å². The van der Waals surface area contributed by atoms with Crippen LogP contribution in [0.1, 0.15) is 25.3 Å². The third-order valence-electron chi connectivity index (χ3n) is 5.88. The van der Waals surface area contributed by atoms with Gasteiger partial charge in [-0.25, -0.2) is 8.42 Å². The molecule has 0 spiro atoms. The highest BCUT2D eigenvalue weighted by Gasteiger charge is 2.27. The molecule has 4 aromatic rings. The SMILES string of the molecule is Cc1noc(C)c1-c1ccc(S(=O)(=O)Nc2ccc(NC(=O)C(C)(C)CO)cc2)c2ccccc12. The monoisotopic (exact) mass is 493 g/mol. The highest BCUT2D eigenvalue weighted by molar-refractivity contribution is 7.93. The summed E-state index contributed by atoms with van der Waals surface area (Å²) < 4.78 is 34.6. The second kappa shape index (κ2) is 9.16. The maximum atomic E-state index is 13.3. The van der Waals surface area contributed by atoms with Gasteiger partial charge in [0.25, 0.3) is 10.0 Å². The lowest BCUT2D eigenvalue weighted by molar-refractivity contribution is -0.125. The number of carbonyl (C=O) groups excluding carboxylic acids is 1. The molecule has 3 aromatic carbocycles. The van der Waals surface area contributed by atoms with Crippen LogP contribution in [0.15, 0.2) is 70.1 Å². The molecule has 0 aliphatic carbocycles. The number of hydrogen-bond acceptors (Lipinski definition) is 6. The maximum absolute atomic E-state index is 13.3. The zero-order chi connectivity index (χ0) is 25.4. The number of hydrogen-bond donors (Lipinski definition) is 3. The van der Waals surface area contributed by atoms with E-state index in [0.29, 0.717) is 22.5 Å². The van der Waals surface area contributed by atoms with Gasteiger partial charge in [0.2, 0.25) is 5.91 Å². The number of fused-ring (bicyclic) bond motifs is 1. The minimum Gasteiger partial charge on any atom is -0.395 e. The first-order valence-electron chi connectivity index (χ1n) is 11.0. The van der Waals surface area contributed by atoms with Crippen molar-refractivity contribution in [2.24, 2.45) is 5.41 Å². The highest BCUT2D eigenvalue weighted by Crippen LogP contribution is 2.36. The van der Waals surface area contributed by atoms with Crippen LogP contribution in [-0.2, 0) is 14.8 Å². The maximum Gasteiger partial charge on any atom is 0.262 e. The Morgan fingerprint density at radius 1 is 0.971 bits per heavy atom. The lowest BCUT2D eigenvalue weighted by Gasteiger charge is -2.20. The number of nitrogens with zero attached hydrogens (tertiary/aromatic N) is 1. The van der Waals surface area contributed by atoms with Gasteiger partial charge in [0, 0.05) is 22.3 Å². The summed E-state index contributed by atoms with van der Waals surface area (Å²) in [7, 11) is -3.92. The number of rotatable bonds is 7. The van der Waals surface area contributed by atoms with Crippen molar-refractivity contribution in [1.29, 1.82) is 0 Å². The number of aliphatic hydroxyl groups is 1. The van der Waals surface area contributed by atoms with Crippen LogP contribution < -0.4 is 10.0 Å². The summed E-state index contributed by atoms with van der Waals surface area (Å²) >= 11 is 0. The summed E-state index contributed by atoms with van der Waals surface area (Å²) in [6, 6.07) is 17.0. The van der Waals surface area contributed by atoms with Crippen molar-refractivity contribution >= 4 is 38.1 Å². The number of amides is 1. The fraction of sp³-hybridized carbons (Fsp3) is 0.231. The lowest BCUT2D eigenvalue weighted by atomic mass is 9.93. The Bertz CT molecular complexity index is 1490. The summed E-state index contributed by atoms with van der Waals surface area (Å²) in [5.74, 6) is 0.328. The standard InChI is InChI=1S/C26H27N3O5S/c1-16-24(17(2)34-28-16)22-13-14-23(21-8-6-5-7-20(21)22)35(32,33)29-19-11-9-18(10-12-19)27-25(31)26(3,4)15-30/h5-14,29-30H,15H2,1-4H3,(H,27,31). The van der Waals surface area contributed by atoms with Crippen LogP contribution in [0.2, 0.25) is 0 Å². The molecule has 0 aliphatic rings. The molecule has 0 bridgehead atoms. The minimum absolute atomic E-state index is 0.144. The number of nitrogens with one attached hydrogen (secondary N) is 2. The van der Waals surface area contributed by atoms with Crippen LogP contribution in [0.5, 0.6) is 0 Å². The van der Waals surface area contributed by atoms with Crippen LogP contribution in [0.25, 0.3) is 21.9 Å². The number of carbonyl (C=O) groups is 1. The average Bonchev–Trinajstić information content (AvgIpc) is 3.16. The van der Waals surface area contributed by atoms with E-state index in [-0.39, 0.29) is 17.4 Å². The van der Waals surface area contributed by atoms with Gasteiger partial charge >= 0.3 is 0 Å². The molecule has 3 N–H and O–H groups in total. The van der Waals surface area contributed by atoms with E-state index in [1.54, 1.807) is 62.4 Å². The summed E-state index contributed by atoms with van der Waals surface area (Å²) in [4.78, 5) is 12.4. The molecule has 1 amide bonds. The van der Waals surface area contributed by atoms with Gasteiger partial charge in [-0.05, 0) is 69.0 Å². The number of sulfonamides is 1. The number of aliphatic hydroxyl groups excluding tert-OH is 1. The largest absolute Gasteiger partial charge is 0.395 e. The number of anilines is 2. The Morgan fingerprint density at radius 2 is 1.60 bits per heavy atom. The Labute approximate surface area is 204 Å². The molecule has 1 aromatic heterocycles. The van der Waals surface area contributed by atoms with Crippen LogP contribution in [0.3, 0.4) is 0 Å². The van der Waals surface area contributed by atoms with E-state index >= 15 is 0 Å². The molecule has 0 saturated carbocycles. The summed E-state index contributed by atoms with van der Waals surface area (Å²) in [5.41, 5.74) is 2.34. The smallest absolute Gasteiger partial charge is 0.262 e. The molecule has 0 atom stereocenters. The van der Waals surface area contributed by atoms with E-state index in [9.17, 15) is 18.3 Å². The molecule has 0 saturated heterocycles. The van der Waals surface area contributed by atoms with Crippen molar-refractivity contribution in [3.05, 3.63) is 72.1 Å². The van der Waals surface area contributed by atoms with E-state index in [1.807, 2.05) is 26.0 Å². The molecule has 0 aliphatic heterocycles. The summed E-state index contributed by atoms with van der Waals surface area (Å²) in [5, 5.41) is 17.4. The van der Waals surface area contributed by atoms with Crippen LogP contribution in [-0.4, -0.2) is 31.2 Å². The van der Waals surface area contributed by atoms with Gasteiger partial charge in [0.1, 0.15) is 5.76 Å². The van der Waals surface area contributed by atoms with E-state index in [4.69, 9.17) is 4.52 Å². The third-order valence-corrected chi connectivity index (χ3v) is 7.32. The van der Waals surface area contributed by atoms with Gasteiger partial charge in [-0.2, -0.15) is 0 Å². The predicted octanol–water partition coefficient (Wildman–Crippen LogP) is 4.87. The van der Waals surface area contributed by atoms with Gasteiger partial charge in [0.15, 0.2) is 0 Å². The van der Waals surface area contributed by atoms with Gasteiger partial charge in [0.05, 0.1) is 22.6 Å². The minimum atomic E-state index is -3.92. The molecular formula is C26H27N3O5S. The van der Waals surface area contributed by atoms with Gasteiger partial charge in [-0.15, -0.1) is 0 Å². The lowest BCUT2D eigenvalue weighted by Crippen LogP contribution is -2.33. The Kier molecular flexibility index (Phi) is 6.40. The average molecular weight is 494 g/mol. The number of aromatic nitrogens is 1. The Hall–Kier alpha value is -3.69. The van der Waals surface area contributed by atoms with Crippen molar-refractivity contribution in [2.75, 3.05) is 16.6 Å². The van der Waals surface area contributed by atoms with E-state index in [0.717, 1.165) is 22.2 Å². The van der Waals surface area contributed by atoms with Crippen molar-refractivity contribution in [1.82, 2.24) is 5.16 Å². The fourth-order valence-corrected chi connectivity index (χ4v) is 5.07. The molecule has 0 unspecified atom stereocenters. The topological polar surface area (TPSA) is 122 Å². The molecule has 0 radical (unpaired) electrons. The van der Waals surface area contributed by atoms with E-state index < -0.39 is 15.4 Å². The molecule has 35 heavy (non-hydrogen) atoms. The fourth-order valence-electron chi connectivity index (χ4n) is 3.80. The zero-order valence-electron chi connectivity index (χ0n) is 19.9. The first-order valence-corrected chi connectivity index (χ1v) is 12.5. The van der Waals surface area contributed by atoms with E-state index in [2.05, 4.69) is 15.2 Å². The van der Waals surface area contributed by atoms with E-state index in [1.165, 1.54) is 0 Å². The van der Waals surface area contributed by atoms with Crippen molar-refractivity contribution in [2.45, 2.75) is 32.6 Å². The Balaban J connectivity index is 1.65. The third kappa shape index (κ3) is 4.78. The molecule has 8 nitrogen and oxygen atoms in total.